The minimum atomic E-state index is -0.551. The Morgan fingerprint density at radius 1 is 1.26 bits per heavy atom. The first-order valence-electron chi connectivity index (χ1n) is 7.68. The molecule has 1 heterocycles. The first-order chi connectivity index (χ1) is 13.1. The lowest BCUT2D eigenvalue weighted by Crippen LogP contribution is -2.15. The number of para-hydroxylation sites is 4. The summed E-state index contributed by atoms with van der Waals surface area (Å²) in [6, 6.07) is 13.1. The van der Waals surface area contributed by atoms with Gasteiger partial charge in [0.15, 0.2) is 0 Å². The lowest BCUT2D eigenvalue weighted by Gasteiger charge is -2.09. The largest absolute Gasteiger partial charge is 0.494 e. The van der Waals surface area contributed by atoms with Gasteiger partial charge in [-0.05, 0) is 28.6 Å². The smallest absolute Gasteiger partial charge is 0.292 e. The maximum atomic E-state index is 12.2. The number of nitrogens with one attached hydrogen (secondary N) is 1. The van der Waals surface area contributed by atoms with Crippen LogP contribution >= 0.6 is 11.8 Å². The number of nitrogens with zero attached hydrogens (tertiary/aromatic N) is 5. The highest BCUT2D eigenvalue weighted by atomic mass is 32.2. The zero-order chi connectivity index (χ0) is 19.2. The van der Waals surface area contributed by atoms with Crippen LogP contribution in [0.3, 0.4) is 0 Å². The summed E-state index contributed by atoms with van der Waals surface area (Å²) in [7, 11) is 1.54. The van der Waals surface area contributed by atoms with Gasteiger partial charge in [0.05, 0.1) is 17.8 Å². The molecule has 0 bridgehead atoms. The number of carbonyl (C=O) groups excluding carboxylic acids is 1. The van der Waals surface area contributed by atoms with Gasteiger partial charge in [-0.1, -0.05) is 36.0 Å². The first kappa shape index (κ1) is 18.3. The van der Waals surface area contributed by atoms with Crippen molar-refractivity contribution in [2.45, 2.75) is 5.16 Å². The van der Waals surface area contributed by atoms with E-state index < -0.39 is 10.8 Å². The summed E-state index contributed by atoms with van der Waals surface area (Å²) in [4.78, 5) is 22.7. The highest BCUT2D eigenvalue weighted by molar-refractivity contribution is 7.99. The Morgan fingerprint density at radius 2 is 2.00 bits per heavy atom. The van der Waals surface area contributed by atoms with Crippen LogP contribution in [0.5, 0.6) is 5.75 Å². The molecule has 0 saturated heterocycles. The van der Waals surface area contributed by atoms with E-state index in [-0.39, 0.29) is 17.1 Å². The van der Waals surface area contributed by atoms with Crippen molar-refractivity contribution in [3.05, 3.63) is 58.6 Å². The van der Waals surface area contributed by atoms with E-state index in [1.807, 2.05) is 12.1 Å². The molecule has 0 fully saturated rings. The number of rotatable bonds is 7. The third-order valence-electron chi connectivity index (χ3n) is 3.46. The zero-order valence-corrected chi connectivity index (χ0v) is 14.9. The second-order valence-corrected chi connectivity index (χ2v) is 6.10. The van der Waals surface area contributed by atoms with Crippen molar-refractivity contribution in [3.63, 3.8) is 0 Å². The maximum Gasteiger partial charge on any atom is 0.292 e. The number of nitro benzene ring substituents is 1. The number of ether oxygens (including phenoxy) is 1. The van der Waals surface area contributed by atoms with Gasteiger partial charge in [0, 0.05) is 6.07 Å². The number of amides is 1. The number of tetrazole rings is 1. The van der Waals surface area contributed by atoms with E-state index in [1.165, 1.54) is 30.0 Å². The van der Waals surface area contributed by atoms with E-state index >= 15 is 0 Å². The molecule has 0 aliphatic carbocycles. The molecule has 2 aromatic carbocycles. The summed E-state index contributed by atoms with van der Waals surface area (Å²) in [5, 5.41) is 25.4. The van der Waals surface area contributed by atoms with E-state index in [1.54, 1.807) is 18.2 Å². The van der Waals surface area contributed by atoms with Gasteiger partial charge in [0.2, 0.25) is 11.1 Å². The van der Waals surface area contributed by atoms with Crippen LogP contribution in [0.15, 0.2) is 53.7 Å². The third-order valence-corrected chi connectivity index (χ3v) is 4.38. The first-order valence-corrected chi connectivity index (χ1v) is 8.66. The van der Waals surface area contributed by atoms with Gasteiger partial charge in [-0.3, -0.25) is 14.9 Å². The molecule has 3 rings (SSSR count). The topological polar surface area (TPSA) is 125 Å². The van der Waals surface area contributed by atoms with Gasteiger partial charge in [0.1, 0.15) is 17.1 Å². The number of hydrogen-bond donors (Lipinski definition) is 1. The molecule has 1 aromatic heterocycles. The summed E-state index contributed by atoms with van der Waals surface area (Å²) in [6.07, 6.45) is 0. The van der Waals surface area contributed by atoms with Gasteiger partial charge in [-0.15, -0.1) is 5.10 Å². The van der Waals surface area contributed by atoms with Crippen molar-refractivity contribution in [1.29, 1.82) is 0 Å². The van der Waals surface area contributed by atoms with Crippen molar-refractivity contribution in [2.75, 3.05) is 18.2 Å². The number of nitro groups is 1. The Labute approximate surface area is 157 Å². The number of benzene rings is 2. The molecule has 0 aliphatic rings. The van der Waals surface area contributed by atoms with Gasteiger partial charge in [0.25, 0.3) is 5.69 Å². The van der Waals surface area contributed by atoms with Crippen LogP contribution in [0, 0.1) is 10.1 Å². The van der Waals surface area contributed by atoms with Gasteiger partial charge in [-0.25, -0.2) is 0 Å². The molecule has 138 valence electrons. The second kappa shape index (κ2) is 8.27. The van der Waals surface area contributed by atoms with Crippen LogP contribution < -0.4 is 10.1 Å². The van der Waals surface area contributed by atoms with E-state index in [0.717, 1.165) is 11.8 Å². The molecule has 0 atom stereocenters. The maximum absolute atomic E-state index is 12.2. The van der Waals surface area contributed by atoms with Crippen molar-refractivity contribution >= 4 is 29.0 Å². The van der Waals surface area contributed by atoms with Gasteiger partial charge < -0.3 is 10.1 Å². The summed E-state index contributed by atoms with van der Waals surface area (Å²) >= 11 is 1.10. The summed E-state index contributed by atoms with van der Waals surface area (Å²) < 4.78 is 6.76. The fourth-order valence-corrected chi connectivity index (χ4v) is 2.96. The predicted molar refractivity (Wildman–Crippen MR) is 98.2 cm³/mol. The van der Waals surface area contributed by atoms with Crippen LogP contribution in [-0.4, -0.2) is 43.9 Å². The molecular weight excluding hydrogens is 372 g/mol. The highest BCUT2D eigenvalue weighted by Gasteiger charge is 2.17. The molecule has 0 saturated carbocycles. The molecule has 0 spiro atoms. The number of methoxy groups -OCH3 is 1. The minimum Gasteiger partial charge on any atom is -0.494 e. The van der Waals surface area contributed by atoms with Crippen molar-refractivity contribution in [3.8, 4) is 11.4 Å². The zero-order valence-electron chi connectivity index (χ0n) is 14.1. The number of thioether (sulfide) groups is 1. The van der Waals surface area contributed by atoms with Crippen LogP contribution in [0.1, 0.15) is 0 Å². The normalized spacial score (nSPS) is 10.4. The number of anilines is 1. The lowest BCUT2D eigenvalue weighted by molar-refractivity contribution is -0.383. The van der Waals surface area contributed by atoms with E-state index in [0.29, 0.717) is 16.6 Å². The Bertz CT molecular complexity index is 977. The monoisotopic (exact) mass is 386 g/mol. The molecule has 10 nitrogen and oxygen atoms in total. The Balaban J connectivity index is 1.71. The average Bonchev–Trinajstić information content (AvgIpc) is 3.15. The molecule has 1 amide bonds. The van der Waals surface area contributed by atoms with E-state index in [2.05, 4.69) is 20.8 Å². The minimum absolute atomic E-state index is 0.0262. The molecule has 1 N–H and O–H groups in total. The molecular formula is C16H14N6O4S. The Hall–Kier alpha value is -3.47. The fourth-order valence-electron chi connectivity index (χ4n) is 2.28. The molecule has 0 aliphatic heterocycles. The van der Waals surface area contributed by atoms with Crippen molar-refractivity contribution < 1.29 is 14.5 Å². The molecule has 0 radical (unpaired) electrons. The van der Waals surface area contributed by atoms with Crippen molar-refractivity contribution in [2.24, 2.45) is 0 Å². The summed E-state index contributed by atoms with van der Waals surface area (Å²) in [5.41, 5.74) is 0.596. The summed E-state index contributed by atoms with van der Waals surface area (Å²) in [5.74, 6) is 0.140. The highest BCUT2D eigenvalue weighted by Crippen LogP contribution is 2.26. The number of hydrogen-bond acceptors (Lipinski definition) is 8. The number of carbonyl (C=O) groups is 1. The van der Waals surface area contributed by atoms with E-state index in [4.69, 9.17) is 4.74 Å². The quantitative estimate of drug-likeness (QED) is 0.372. The molecule has 11 heteroatoms. The average molecular weight is 386 g/mol. The van der Waals surface area contributed by atoms with Crippen molar-refractivity contribution in [1.82, 2.24) is 20.2 Å². The van der Waals surface area contributed by atoms with Crippen LogP contribution in [-0.2, 0) is 4.79 Å². The third kappa shape index (κ3) is 4.20. The second-order valence-electron chi connectivity index (χ2n) is 5.16. The fraction of sp³-hybridized carbons (Fsp3) is 0.125. The lowest BCUT2D eigenvalue weighted by atomic mass is 10.2. The van der Waals surface area contributed by atoms with Gasteiger partial charge in [-0.2, -0.15) is 4.68 Å². The molecule has 27 heavy (non-hydrogen) atoms. The molecule has 0 unspecified atom stereocenters. The van der Waals surface area contributed by atoms with Gasteiger partial charge >= 0.3 is 0 Å². The Morgan fingerprint density at radius 3 is 2.78 bits per heavy atom. The predicted octanol–water partition coefficient (Wildman–Crippen LogP) is 2.31. The van der Waals surface area contributed by atoms with E-state index in [9.17, 15) is 14.9 Å². The standard InChI is InChI=1S/C16H14N6O4S/c1-26-14-9-5-4-8-13(14)21-16(18-19-20-21)27-10-15(23)17-11-6-2-3-7-12(11)22(24)25/h2-9H,10H2,1H3,(H,17,23). The van der Waals surface area contributed by atoms with Crippen LogP contribution in [0.4, 0.5) is 11.4 Å². The summed E-state index contributed by atoms with van der Waals surface area (Å²) in [6.45, 7) is 0. The van der Waals surface area contributed by atoms with Crippen LogP contribution in [0.25, 0.3) is 5.69 Å². The Kier molecular flexibility index (Phi) is 5.61. The SMILES string of the molecule is COc1ccccc1-n1nnnc1SCC(=O)Nc1ccccc1[N+](=O)[O-]. The number of aromatic nitrogens is 4. The van der Waals surface area contributed by atoms with Crippen LogP contribution in [0.2, 0.25) is 0 Å². The molecule has 3 aromatic rings.